The lowest BCUT2D eigenvalue weighted by atomic mass is 10.0. The van der Waals surface area contributed by atoms with Crippen molar-refractivity contribution in [1.82, 2.24) is 29.2 Å². The smallest absolute Gasteiger partial charge is 0.276 e. The Balaban J connectivity index is 1.41. The average Bonchev–Trinajstić information content (AvgIpc) is 3.27. The van der Waals surface area contributed by atoms with Crippen LogP contribution in [0.25, 0.3) is 0 Å². The van der Waals surface area contributed by atoms with Crippen LogP contribution in [0.1, 0.15) is 36.2 Å². The number of morpholine rings is 1. The van der Waals surface area contributed by atoms with Gasteiger partial charge < -0.3 is 9.64 Å². The molecule has 0 aromatic carbocycles. The molecule has 1 amide bonds. The van der Waals surface area contributed by atoms with Gasteiger partial charge in [-0.05, 0) is 31.4 Å². The molecule has 30 heavy (non-hydrogen) atoms. The van der Waals surface area contributed by atoms with E-state index >= 15 is 0 Å². The Labute approximate surface area is 175 Å². The zero-order valence-electron chi connectivity index (χ0n) is 16.8. The number of ether oxygens (including phenoxy) is 1. The Kier molecular flexibility index (Phi) is 6.40. The maximum atomic E-state index is 13.1. The van der Waals surface area contributed by atoms with E-state index in [-0.39, 0.29) is 16.8 Å². The number of amides is 1. The van der Waals surface area contributed by atoms with Crippen molar-refractivity contribution in [3.05, 3.63) is 36.4 Å². The molecule has 2 fully saturated rings. The van der Waals surface area contributed by atoms with Crippen molar-refractivity contribution in [1.29, 1.82) is 0 Å². The highest BCUT2D eigenvalue weighted by Crippen LogP contribution is 2.27. The summed E-state index contributed by atoms with van der Waals surface area (Å²) < 4.78 is 34.6. The summed E-state index contributed by atoms with van der Waals surface area (Å²) in [5.74, 6) is -0.150. The Hall–Kier alpha value is -2.37. The average molecular weight is 435 g/mol. The molecule has 2 aliphatic heterocycles. The van der Waals surface area contributed by atoms with Crippen molar-refractivity contribution < 1.29 is 17.9 Å². The van der Waals surface area contributed by atoms with E-state index in [1.807, 2.05) is 0 Å². The fraction of sp³-hybridized carbons (Fsp3) is 0.579. The predicted octanol–water partition coefficient (Wildman–Crippen LogP) is 0.779. The van der Waals surface area contributed by atoms with Crippen LogP contribution < -0.4 is 0 Å². The summed E-state index contributed by atoms with van der Waals surface area (Å²) in [5.41, 5.74) is 0.306. The van der Waals surface area contributed by atoms with E-state index in [2.05, 4.69) is 15.3 Å². The van der Waals surface area contributed by atoms with Crippen molar-refractivity contribution in [3.8, 4) is 0 Å². The van der Waals surface area contributed by atoms with Crippen LogP contribution in [0.5, 0.6) is 0 Å². The monoisotopic (exact) mass is 434 g/mol. The van der Waals surface area contributed by atoms with Crippen LogP contribution in [0.4, 0.5) is 0 Å². The lowest BCUT2D eigenvalue weighted by Crippen LogP contribution is -2.44. The van der Waals surface area contributed by atoms with Gasteiger partial charge in [-0.25, -0.2) is 8.42 Å². The number of carbonyl (C=O) groups excluding carboxylic acids is 1. The number of hydrogen-bond donors (Lipinski definition) is 0. The number of aromatic nitrogens is 4. The van der Waals surface area contributed by atoms with Gasteiger partial charge in [0.1, 0.15) is 4.90 Å². The van der Waals surface area contributed by atoms with Gasteiger partial charge in [0, 0.05) is 44.6 Å². The first kappa shape index (κ1) is 20.9. The molecule has 2 saturated heterocycles. The third kappa shape index (κ3) is 4.52. The highest BCUT2D eigenvalue weighted by molar-refractivity contribution is 7.89. The molecular formula is C19H26N6O4S. The second-order valence-corrected chi connectivity index (χ2v) is 9.40. The largest absolute Gasteiger partial charge is 0.378 e. The molecule has 0 radical (unpaired) electrons. The zero-order chi connectivity index (χ0) is 21.0. The van der Waals surface area contributed by atoms with Crippen molar-refractivity contribution in [2.24, 2.45) is 0 Å². The molecule has 2 aromatic heterocycles. The van der Waals surface area contributed by atoms with E-state index in [0.29, 0.717) is 51.5 Å². The highest BCUT2D eigenvalue weighted by Gasteiger charge is 2.33. The SMILES string of the molecule is O=C(c1cn(CCC2CCCCN2S(=O)(=O)c2cccnc2)nn1)N1CCOCC1. The molecule has 162 valence electrons. The summed E-state index contributed by atoms with van der Waals surface area (Å²) in [6.45, 7) is 3.16. The summed E-state index contributed by atoms with van der Waals surface area (Å²) in [7, 11) is -3.59. The van der Waals surface area contributed by atoms with Gasteiger partial charge in [-0.3, -0.25) is 14.5 Å². The van der Waals surface area contributed by atoms with Crippen molar-refractivity contribution >= 4 is 15.9 Å². The van der Waals surface area contributed by atoms with Crippen LogP contribution in [-0.2, 0) is 21.3 Å². The molecule has 4 rings (SSSR count). The van der Waals surface area contributed by atoms with E-state index in [1.165, 1.54) is 6.20 Å². The van der Waals surface area contributed by atoms with Gasteiger partial charge in [-0.2, -0.15) is 4.31 Å². The molecule has 2 aliphatic rings. The molecule has 0 bridgehead atoms. The minimum absolute atomic E-state index is 0.119. The lowest BCUT2D eigenvalue weighted by molar-refractivity contribution is 0.0299. The van der Waals surface area contributed by atoms with Gasteiger partial charge in [-0.1, -0.05) is 11.6 Å². The van der Waals surface area contributed by atoms with Gasteiger partial charge in [0.2, 0.25) is 10.0 Å². The number of carbonyl (C=O) groups is 1. The molecule has 10 nitrogen and oxygen atoms in total. The van der Waals surface area contributed by atoms with Crippen molar-refractivity contribution in [2.45, 2.75) is 43.2 Å². The molecule has 0 N–H and O–H groups in total. The van der Waals surface area contributed by atoms with Gasteiger partial charge in [0.15, 0.2) is 5.69 Å². The first-order valence-electron chi connectivity index (χ1n) is 10.2. The number of hydrogen-bond acceptors (Lipinski definition) is 7. The zero-order valence-corrected chi connectivity index (χ0v) is 17.6. The van der Waals surface area contributed by atoms with Crippen LogP contribution in [0, 0.1) is 0 Å². The Morgan fingerprint density at radius 1 is 1.20 bits per heavy atom. The summed E-state index contributed by atoms with van der Waals surface area (Å²) >= 11 is 0. The first-order chi connectivity index (χ1) is 14.6. The van der Waals surface area contributed by atoms with E-state index in [0.717, 1.165) is 19.3 Å². The molecule has 0 saturated carbocycles. The normalized spacial score (nSPS) is 20.9. The Morgan fingerprint density at radius 3 is 2.80 bits per heavy atom. The van der Waals surface area contributed by atoms with Crippen LogP contribution in [0.15, 0.2) is 35.6 Å². The molecule has 0 spiro atoms. The van der Waals surface area contributed by atoms with Crippen molar-refractivity contribution in [3.63, 3.8) is 0 Å². The van der Waals surface area contributed by atoms with Gasteiger partial charge in [-0.15, -0.1) is 5.10 Å². The molecule has 2 aromatic rings. The summed E-state index contributed by atoms with van der Waals surface area (Å²) in [5, 5.41) is 8.08. The maximum absolute atomic E-state index is 13.1. The fourth-order valence-electron chi connectivity index (χ4n) is 3.93. The van der Waals surface area contributed by atoms with E-state index in [4.69, 9.17) is 4.74 Å². The maximum Gasteiger partial charge on any atom is 0.276 e. The molecule has 1 atom stereocenters. The van der Waals surface area contributed by atoms with Crippen LogP contribution >= 0.6 is 0 Å². The number of rotatable bonds is 6. The lowest BCUT2D eigenvalue weighted by Gasteiger charge is -2.34. The van der Waals surface area contributed by atoms with E-state index < -0.39 is 10.0 Å². The van der Waals surface area contributed by atoms with Gasteiger partial charge >= 0.3 is 0 Å². The Morgan fingerprint density at radius 2 is 2.03 bits per heavy atom. The van der Waals surface area contributed by atoms with Crippen LogP contribution in [-0.4, -0.2) is 82.4 Å². The Bertz CT molecular complexity index is 958. The summed E-state index contributed by atoms with van der Waals surface area (Å²) in [6, 6.07) is 3.09. The summed E-state index contributed by atoms with van der Waals surface area (Å²) in [4.78, 5) is 18.4. The minimum atomic E-state index is -3.59. The third-order valence-corrected chi connectivity index (χ3v) is 7.50. The number of aryl methyl sites for hydroxylation is 1. The molecular weight excluding hydrogens is 408 g/mol. The highest BCUT2D eigenvalue weighted by atomic mass is 32.2. The minimum Gasteiger partial charge on any atom is -0.378 e. The number of nitrogens with zero attached hydrogens (tertiary/aromatic N) is 6. The van der Waals surface area contributed by atoms with E-state index in [9.17, 15) is 13.2 Å². The predicted molar refractivity (Wildman–Crippen MR) is 107 cm³/mol. The number of pyridine rings is 1. The second-order valence-electron chi connectivity index (χ2n) is 7.51. The molecule has 4 heterocycles. The van der Waals surface area contributed by atoms with Crippen LogP contribution in [0.2, 0.25) is 0 Å². The van der Waals surface area contributed by atoms with Crippen LogP contribution in [0.3, 0.4) is 0 Å². The standard InChI is InChI=1S/C19H26N6O4S/c26-19(23-10-12-29-13-11-23)18-15-24(22-21-18)9-6-16-4-1-2-8-25(16)30(27,28)17-5-3-7-20-14-17/h3,5,7,14-16H,1-2,4,6,8-13H2. The molecule has 1 unspecified atom stereocenters. The topological polar surface area (TPSA) is 111 Å². The van der Waals surface area contributed by atoms with Gasteiger partial charge in [0.25, 0.3) is 5.91 Å². The first-order valence-corrected chi connectivity index (χ1v) is 11.7. The fourth-order valence-corrected chi connectivity index (χ4v) is 5.62. The molecule has 0 aliphatic carbocycles. The quantitative estimate of drug-likeness (QED) is 0.661. The number of piperidine rings is 1. The van der Waals surface area contributed by atoms with Gasteiger partial charge in [0.05, 0.1) is 19.4 Å². The number of sulfonamides is 1. The van der Waals surface area contributed by atoms with E-state index in [1.54, 1.807) is 38.4 Å². The summed E-state index contributed by atoms with van der Waals surface area (Å²) in [6.07, 6.45) is 7.83. The second kappa shape index (κ2) is 9.19. The third-order valence-electron chi connectivity index (χ3n) is 5.56. The molecule has 11 heteroatoms. The van der Waals surface area contributed by atoms with Crippen molar-refractivity contribution in [2.75, 3.05) is 32.8 Å².